The van der Waals surface area contributed by atoms with Crippen molar-refractivity contribution in [1.29, 1.82) is 0 Å². The van der Waals surface area contributed by atoms with Gasteiger partial charge in [0.05, 0.1) is 22.8 Å². The normalized spacial score (nSPS) is 12.3. The number of aromatic nitrogens is 4. The first kappa shape index (κ1) is 21.5. The van der Waals surface area contributed by atoms with E-state index in [1.54, 1.807) is 0 Å². The molecule has 9 heteroatoms. The summed E-state index contributed by atoms with van der Waals surface area (Å²) in [7, 11) is 0. The number of hydrogen-bond donors (Lipinski definition) is 0. The third-order valence-corrected chi connectivity index (χ3v) is 7.61. The van der Waals surface area contributed by atoms with Crippen LogP contribution in [-0.4, -0.2) is 33.0 Å². The van der Waals surface area contributed by atoms with Crippen molar-refractivity contribution in [2.24, 2.45) is 0 Å². The van der Waals surface area contributed by atoms with Crippen LogP contribution in [0.2, 0.25) is 0 Å². The fourth-order valence-corrected chi connectivity index (χ4v) is 4.72. The molecule has 0 unspecified atom stereocenters. The van der Waals surface area contributed by atoms with Crippen LogP contribution in [-0.2, 0) is 0 Å². The Morgan fingerprint density at radius 3 is 0.966 bits per heavy atom. The van der Waals surface area contributed by atoms with Crippen LogP contribution in [0, 0.1) is 0 Å². The molecule has 29 heavy (non-hydrogen) atoms. The van der Waals surface area contributed by atoms with Crippen molar-refractivity contribution in [3.63, 3.8) is 0 Å². The molecule has 0 aromatic carbocycles. The smallest absolute Gasteiger partial charge is 0.656 e. The predicted octanol–water partition coefficient (Wildman–Crippen LogP) is 6.58. The Balaban J connectivity index is 0.00000205. The van der Waals surface area contributed by atoms with E-state index in [4.69, 9.17) is 19.9 Å². The zero-order valence-corrected chi connectivity index (χ0v) is 22.4. The van der Waals surface area contributed by atoms with Crippen molar-refractivity contribution in [3.05, 3.63) is 64.9 Å². The Morgan fingerprint density at radius 1 is 0.483 bits per heavy atom. The van der Waals surface area contributed by atoms with Gasteiger partial charge in [-0.3, -0.25) is 0 Å². The second kappa shape index (κ2) is 8.43. The number of rotatable bonds is 0. The largest absolute Gasteiger partial charge is 2.00 e. The molecular formula is C20H8Br4MgN4. The summed E-state index contributed by atoms with van der Waals surface area (Å²) >= 11 is 14.6. The predicted molar refractivity (Wildman–Crippen MR) is 133 cm³/mol. The van der Waals surface area contributed by atoms with Crippen LogP contribution < -0.4 is 9.97 Å². The van der Waals surface area contributed by atoms with Gasteiger partial charge in [-0.2, -0.15) is 0 Å². The monoisotopic (exact) mass is 644 g/mol. The van der Waals surface area contributed by atoms with Crippen molar-refractivity contribution < 1.29 is 0 Å². The summed E-state index contributed by atoms with van der Waals surface area (Å²) in [6, 6.07) is 7.84. The van der Waals surface area contributed by atoms with Gasteiger partial charge in [0.15, 0.2) is 0 Å². The first-order valence-electron chi connectivity index (χ1n) is 8.19. The quantitative estimate of drug-likeness (QED) is 0.178. The van der Waals surface area contributed by atoms with Gasteiger partial charge in [0.25, 0.3) is 0 Å². The Morgan fingerprint density at radius 2 is 0.724 bits per heavy atom. The molecule has 0 saturated carbocycles. The van der Waals surface area contributed by atoms with Gasteiger partial charge in [-0.1, -0.05) is 24.3 Å². The van der Waals surface area contributed by atoms with Crippen molar-refractivity contribution in [1.82, 2.24) is 19.9 Å². The fraction of sp³-hybridized carbons (Fsp3) is 0. The maximum Gasteiger partial charge on any atom is 2.00 e. The van der Waals surface area contributed by atoms with Gasteiger partial charge in [0.2, 0.25) is 0 Å². The first-order chi connectivity index (χ1) is 13.5. The number of hydrogen-bond acceptors (Lipinski definition) is 2. The summed E-state index contributed by atoms with van der Waals surface area (Å²) in [5.74, 6) is 0. The SMILES string of the molecule is Brc1c2nc(c(Br)c3ccc([n-]3)c(Br)c3nc(c(Br)c4ccc1[n-]4)C=C3)C=C2.[Mg+2]. The van der Waals surface area contributed by atoms with Gasteiger partial charge in [0, 0.05) is 17.9 Å². The van der Waals surface area contributed by atoms with E-state index in [2.05, 4.69) is 63.7 Å². The van der Waals surface area contributed by atoms with Crippen molar-refractivity contribution in [3.8, 4) is 0 Å². The molecule has 0 aliphatic carbocycles. The molecule has 0 fully saturated rings. The minimum atomic E-state index is 0. The first-order valence-corrected chi connectivity index (χ1v) is 11.4. The van der Waals surface area contributed by atoms with E-state index in [1.807, 2.05) is 48.6 Å². The number of halogens is 4. The molecule has 5 rings (SSSR count). The van der Waals surface area contributed by atoms with Gasteiger partial charge in [0.1, 0.15) is 0 Å². The van der Waals surface area contributed by atoms with Crippen LogP contribution in [0.5, 0.6) is 0 Å². The average Bonchev–Trinajstić information content (AvgIpc) is 3.49. The molecule has 0 spiro atoms. The van der Waals surface area contributed by atoms with E-state index in [0.29, 0.717) is 0 Å². The molecule has 0 atom stereocenters. The molecule has 0 radical (unpaired) electrons. The Hall–Kier alpha value is -0.714. The zero-order valence-electron chi connectivity index (χ0n) is 14.6. The Bertz CT molecular complexity index is 1170. The number of nitrogens with zero attached hydrogens (tertiary/aromatic N) is 4. The summed E-state index contributed by atoms with van der Waals surface area (Å²) in [6.45, 7) is 0. The molecule has 2 aliphatic heterocycles. The minimum absolute atomic E-state index is 0. The van der Waals surface area contributed by atoms with Crippen LogP contribution in [0.25, 0.3) is 46.4 Å². The number of fused-ring (bicyclic) bond motifs is 8. The molecule has 0 N–H and O–H groups in total. The maximum atomic E-state index is 4.72. The molecule has 4 nitrogen and oxygen atoms in total. The van der Waals surface area contributed by atoms with E-state index in [1.165, 1.54) is 0 Å². The van der Waals surface area contributed by atoms with E-state index in [9.17, 15) is 0 Å². The molecule has 0 saturated heterocycles. The van der Waals surface area contributed by atoms with Gasteiger partial charge < -0.3 is 9.97 Å². The fourth-order valence-electron chi connectivity index (χ4n) is 2.95. The summed E-state index contributed by atoms with van der Waals surface area (Å²) in [5.41, 5.74) is 6.50. The Kier molecular flexibility index (Phi) is 6.26. The second-order valence-electron chi connectivity index (χ2n) is 6.12. The van der Waals surface area contributed by atoms with E-state index in [0.717, 1.165) is 62.7 Å². The molecule has 138 valence electrons. The van der Waals surface area contributed by atoms with Crippen LogP contribution in [0.3, 0.4) is 0 Å². The van der Waals surface area contributed by atoms with Crippen molar-refractivity contribution in [2.75, 3.05) is 0 Å². The van der Waals surface area contributed by atoms with E-state index >= 15 is 0 Å². The van der Waals surface area contributed by atoms with E-state index < -0.39 is 0 Å². The minimum Gasteiger partial charge on any atom is -0.656 e. The summed E-state index contributed by atoms with van der Waals surface area (Å²) in [5, 5.41) is 0. The standard InChI is InChI=1S/C20H8Br4N4.Mg/c21-17-9-1-2-10(25-9)18(22)12-5-6-14(27-12)20(24)16-8-7-15(28-16)19(23)13-4-3-11(17)26-13;/h1-8H;/q-2;+2. The van der Waals surface area contributed by atoms with Gasteiger partial charge in [-0.15, -0.1) is 22.1 Å². The molecule has 0 amide bonds. The second-order valence-corrected chi connectivity index (χ2v) is 9.29. The Labute approximate surface area is 216 Å². The van der Waals surface area contributed by atoms with Crippen LogP contribution in [0.4, 0.5) is 0 Å². The average molecular weight is 648 g/mol. The van der Waals surface area contributed by atoms with Gasteiger partial charge in [-0.05, 0) is 88.0 Å². The summed E-state index contributed by atoms with van der Waals surface area (Å²) in [6.07, 6.45) is 7.84. The summed E-state index contributed by atoms with van der Waals surface area (Å²) < 4.78 is 3.34. The van der Waals surface area contributed by atoms with Crippen molar-refractivity contribution >= 4 is 133 Å². The van der Waals surface area contributed by atoms with Crippen LogP contribution >= 0.6 is 63.7 Å². The van der Waals surface area contributed by atoms with E-state index in [-0.39, 0.29) is 23.1 Å². The van der Waals surface area contributed by atoms with Gasteiger partial charge in [-0.25, -0.2) is 9.97 Å². The topological polar surface area (TPSA) is 54.0 Å². The maximum absolute atomic E-state index is 4.72. The molecule has 5 heterocycles. The van der Waals surface area contributed by atoms with Crippen LogP contribution in [0.1, 0.15) is 22.8 Å². The summed E-state index contributed by atoms with van der Waals surface area (Å²) in [4.78, 5) is 18.9. The molecule has 2 aliphatic rings. The molecular weight excluding hydrogens is 640 g/mol. The molecule has 3 aromatic rings. The third-order valence-electron chi connectivity index (χ3n) is 4.36. The third kappa shape index (κ3) is 3.85. The molecule has 3 aromatic heterocycles. The van der Waals surface area contributed by atoms with Crippen molar-refractivity contribution in [2.45, 2.75) is 0 Å². The zero-order chi connectivity index (χ0) is 19.4. The van der Waals surface area contributed by atoms with Crippen LogP contribution in [0.15, 0.2) is 42.2 Å². The van der Waals surface area contributed by atoms with Gasteiger partial charge >= 0.3 is 23.1 Å². The molecule has 8 bridgehead atoms.